The molecule has 0 radical (unpaired) electrons. The fourth-order valence-electron chi connectivity index (χ4n) is 0.975. The van der Waals surface area contributed by atoms with Gasteiger partial charge in [0.05, 0.1) is 12.8 Å². The minimum Gasteiger partial charge on any atom is -0.383 e. The van der Waals surface area contributed by atoms with Crippen molar-refractivity contribution < 1.29 is 4.74 Å². The maximum absolute atomic E-state index is 4.91. The summed E-state index contributed by atoms with van der Waals surface area (Å²) in [5.74, 6) is 0. The normalized spacial score (nSPS) is 10.2. The lowest BCUT2D eigenvalue weighted by Gasteiger charge is -2.00. The fourth-order valence-corrected chi connectivity index (χ4v) is 0.975. The number of methoxy groups -OCH3 is 1. The van der Waals surface area contributed by atoms with E-state index in [0.29, 0.717) is 0 Å². The summed E-state index contributed by atoms with van der Waals surface area (Å²) in [6, 6.07) is 0. The number of ether oxygens (including phenoxy) is 1. The third kappa shape index (κ3) is 3.40. The highest BCUT2D eigenvalue weighted by Crippen LogP contribution is 1.96. The van der Waals surface area contributed by atoms with Crippen molar-refractivity contribution in [3.8, 4) is 0 Å². The van der Waals surface area contributed by atoms with Crippen LogP contribution in [-0.2, 0) is 11.3 Å². The Kier molecular flexibility index (Phi) is 4.21. The molecular weight excluding hydrogens is 166 g/mol. The van der Waals surface area contributed by atoms with Crippen molar-refractivity contribution in [2.24, 2.45) is 0 Å². The van der Waals surface area contributed by atoms with E-state index in [-0.39, 0.29) is 0 Å². The molecule has 0 saturated heterocycles. The van der Waals surface area contributed by atoms with Crippen LogP contribution in [0.4, 0.5) is 0 Å². The van der Waals surface area contributed by atoms with Crippen molar-refractivity contribution in [3.05, 3.63) is 24.5 Å². The monoisotopic (exact) mass is 181 g/mol. The zero-order chi connectivity index (χ0) is 9.52. The summed E-state index contributed by atoms with van der Waals surface area (Å²) in [4.78, 5) is 0. The first-order chi connectivity index (χ1) is 6.36. The topological polar surface area (TPSA) is 39.1 Å². The van der Waals surface area contributed by atoms with E-state index in [9.17, 15) is 0 Å². The molecule has 1 aromatic rings. The van der Waals surface area contributed by atoms with E-state index in [4.69, 9.17) is 4.74 Å². The highest BCUT2D eigenvalue weighted by atomic mass is 16.5. The van der Waals surface area contributed by atoms with Gasteiger partial charge in [0.15, 0.2) is 0 Å². The average Bonchev–Trinajstić information content (AvgIpc) is 2.60. The Morgan fingerprint density at radius 3 is 3.23 bits per heavy atom. The average molecular weight is 181 g/mol. The summed E-state index contributed by atoms with van der Waals surface area (Å²) in [5, 5.41) is 7.29. The Morgan fingerprint density at radius 1 is 1.77 bits per heavy atom. The molecule has 4 heteroatoms. The van der Waals surface area contributed by atoms with Crippen LogP contribution in [0.3, 0.4) is 0 Å². The molecule has 1 heterocycles. The Bertz CT molecular complexity index is 257. The van der Waals surface area contributed by atoms with Gasteiger partial charge in [0.2, 0.25) is 0 Å². The molecule has 1 N–H and O–H groups in total. The van der Waals surface area contributed by atoms with Crippen molar-refractivity contribution in [2.75, 3.05) is 20.3 Å². The van der Waals surface area contributed by atoms with Crippen LogP contribution in [0.25, 0.3) is 6.20 Å². The third-order valence-corrected chi connectivity index (χ3v) is 1.65. The largest absolute Gasteiger partial charge is 0.383 e. The van der Waals surface area contributed by atoms with E-state index in [1.54, 1.807) is 18.0 Å². The van der Waals surface area contributed by atoms with Crippen LogP contribution in [0.15, 0.2) is 19.0 Å². The number of rotatable bonds is 6. The van der Waals surface area contributed by atoms with Gasteiger partial charge in [0, 0.05) is 38.2 Å². The Morgan fingerprint density at radius 2 is 2.62 bits per heavy atom. The SMILES string of the molecule is C=Cn1cc(CNCCOC)cn1. The predicted molar refractivity (Wildman–Crippen MR) is 52.2 cm³/mol. The summed E-state index contributed by atoms with van der Waals surface area (Å²) in [6.45, 7) is 6.02. The molecule has 0 unspecified atom stereocenters. The number of nitrogens with zero attached hydrogens (tertiary/aromatic N) is 2. The summed E-state index contributed by atoms with van der Waals surface area (Å²) in [5.41, 5.74) is 1.15. The molecule has 0 spiro atoms. The smallest absolute Gasteiger partial charge is 0.0587 e. The molecule has 1 rings (SSSR count). The fraction of sp³-hybridized carbons (Fsp3) is 0.444. The lowest BCUT2D eigenvalue weighted by molar-refractivity contribution is 0.199. The van der Waals surface area contributed by atoms with Crippen LogP contribution < -0.4 is 5.32 Å². The molecule has 1 aromatic heterocycles. The second-order valence-corrected chi connectivity index (χ2v) is 2.68. The van der Waals surface area contributed by atoms with E-state index >= 15 is 0 Å². The second kappa shape index (κ2) is 5.50. The van der Waals surface area contributed by atoms with Crippen LogP contribution in [0.1, 0.15) is 5.56 Å². The number of nitrogens with one attached hydrogen (secondary N) is 1. The van der Waals surface area contributed by atoms with E-state index in [1.807, 2.05) is 12.4 Å². The third-order valence-electron chi connectivity index (χ3n) is 1.65. The van der Waals surface area contributed by atoms with Gasteiger partial charge in [-0.1, -0.05) is 6.58 Å². The van der Waals surface area contributed by atoms with Gasteiger partial charge >= 0.3 is 0 Å². The Hall–Kier alpha value is -1.13. The molecule has 13 heavy (non-hydrogen) atoms. The van der Waals surface area contributed by atoms with Crippen molar-refractivity contribution in [2.45, 2.75) is 6.54 Å². The van der Waals surface area contributed by atoms with Crippen LogP contribution in [0.5, 0.6) is 0 Å². The van der Waals surface area contributed by atoms with Crippen LogP contribution in [-0.4, -0.2) is 30.0 Å². The van der Waals surface area contributed by atoms with E-state index in [2.05, 4.69) is 17.0 Å². The zero-order valence-corrected chi connectivity index (χ0v) is 7.86. The lowest BCUT2D eigenvalue weighted by atomic mass is 10.3. The predicted octanol–water partition coefficient (Wildman–Crippen LogP) is 0.720. The van der Waals surface area contributed by atoms with Gasteiger partial charge in [-0.25, -0.2) is 4.68 Å². The van der Waals surface area contributed by atoms with Crippen LogP contribution in [0, 0.1) is 0 Å². The van der Waals surface area contributed by atoms with E-state index in [0.717, 1.165) is 25.3 Å². The molecular formula is C9H15N3O. The first-order valence-electron chi connectivity index (χ1n) is 4.22. The minimum absolute atomic E-state index is 0.732. The quantitative estimate of drug-likeness (QED) is 0.657. The van der Waals surface area contributed by atoms with E-state index in [1.165, 1.54) is 0 Å². The number of hydrogen-bond donors (Lipinski definition) is 1. The first-order valence-corrected chi connectivity index (χ1v) is 4.22. The summed E-state index contributed by atoms with van der Waals surface area (Å²) >= 11 is 0. The maximum Gasteiger partial charge on any atom is 0.0587 e. The van der Waals surface area contributed by atoms with Gasteiger partial charge in [-0.05, 0) is 0 Å². The van der Waals surface area contributed by atoms with Gasteiger partial charge in [-0.15, -0.1) is 0 Å². The first kappa shape index (κ1) is 9.95. The summed E-state index contributed by atoms with van der Waals surface area (Å²) in [7, 11) is 1.69. The molecule has 0 amide bonds. The standard InChI is InChI=1S/C9H15N3O/c1-3-12-8-9(7-11-12)6-10-4-5-13-2/h3,7-8,10H,1,4-6H2,2H3. The molecule has 4 nitrogen and oxygen atoms in total. The van der Waals surface area contributed by atoms with Gasteiger partial charge in [-0.3, -0.25) is 0 Å². The van der Waals surface area contributed by atoms with Gasteiger partial charge in [-0.2, -0.15) is 5.10 Å². The lowest BCUT2D eigenvalue weighted by Crippen LogP contribution is -2.18. The van der Waals surface area contributed by atoms with Crippen LogP contribution in [0.2, 0.25) is 0 Å². The Labute approximate surface area is 78.2 Å². The molecule has 0 fully saturated rings. The maximum atomic E-state index is 4.91. The molecule has 0 aliphatic heterocycles. The zero-order valence-electron chi connectivity index (χ0n) is 7.86. The Balaban J connectivity index is 2.24. The van der Waals surface area contributed by atoms with Gasteiger partial charge in [0.25, 0.3) is 0 Å². The molecule has 0 bridgehead atoms. The number of aromatic nitrogens is 2. The molecule has 0 aromatic carbocycles. The highest BCUT2D eigenvalue weighted by Gasteiger charge is 1.94. The second-order valence-electron chi connectivity index (χ2n) is 2.68. The molecule has 0 aliphatic rings. The van der Waals surface area contributed by atoms with Crippen molar-refractivity contribution in [1.29, 1.82) is 0 Å². The molecule has 0 saturated carbocycles. The molecule has 72 valence electrons. The van der Waals surface area contributed by atoms with Gasteiger partial charge < -0.3 is 10.1 Å². The van der Waals surface area contributed by atoms with Gasteiger partial charge in [0.1, 0.15) is 0 Å². The van der Waals surface area contributed by atoms with Crippen LogP contribution >= 0.6 is 0 Å². The summed E-state index contributed by atoms with van der Waals surface area (Å²) in [6.07, 6.45) is 5.42. The highest BCUT2D eigenvalue weighted by molar-refractivity contribution is 5.17. The van der Waals surface area contributed by atoms with Crippen molar-refractivity contribution >= 4 is 6.20 Å². The van der Waals surface area contributed by atoms with E-state index < -0.39 is 0 Å². The minimum atomic E-state index is 0.732. The van der Waals surface area contributed by atoms with Crippen molar-refractivity contribution in [3.63, 3.8) is 0 Å². The number of hydrogen-bond acceptors (Lipinski definition) is 3. The van der Waals surface area contributed by atoms with Crippen molar-refractivity contribution in [1.82, 2.24) is 15.1 Å². The molecule has 0 atom stereocenters. The summed E-state index contributed by atoms with van der Waals surface area (Å²) < 4.78 is 6.59. The molecule has 0 aliphatic carbocycles.